The highest BCUT2D eigenvalue weighted by atomic mass is 19.1. The zero-order chi connectivity index (χ0) is 15.5. The Morgan fingerprint density at radius 1 is 1.14 bits per heavy atom. The third-order valence-electron chi connectivity index (χ3n) is 3.87. The van der Waals surface area contributed by atoms with E-state index >= 15 is 0 Å². The van der Waals surface area contributed by atoms with Gasteiger partial charge in [-0.05, 0) is 37.1 Å². The first-order valence-electron chi connectivity index (χ1n) is 7.31. The van der Waals surface area contributed by atoms with Gasteiger partial charge in [-0.1, -0.05) is 0 Å². The Kier molecular flexibility index (Phi) is 4.20. The number of hydrogen-bond acceptors (Lipinski definition) is 3. The fourth-order valence-electron chi connectivity index (χ4n) is 2.69. The summed E-state index contributed by atoms with van der Waals surface area (Å²) in [7, 11) is 0. The molecule has 0 aliphatic carbocycles. The maximum absolute atomic E-state index is 12.9. The van der Waals surface area contributed by atoms with Gasteiger partial charge in [0.1, 0.15) is 5.82 Å². The molecule has 1 unspecified atom stereocenters. The van der Waals surface area contributed by atoms with Crippen molar-refractivity contribution in [3.05, 3.63) is 63.2 Å². The lowest BCUT2D eigenvalue weighted by Gasteiger charge is -2.22. The highest BCUT2D eigenvalue weighted by molar-refractivity contribution is 5.31. The molecule has 0 spiro atoms. The number of halogens is 1. The predicted octanol–water partition coefficient (Wildman–Crippen LogP) is 1.56. The van der Waals surface area contributed by atoms with Gasteiger partial charge in [0, 0.05) is 37.2 Å². The summed E-state index contributed by atoms with van der Waals surface area (Å²) in [6.07, 6.45) is 5.11. The molecule has 1 aliphatic rings. The average Bonchev–Trinajstić information content (AvgIpc) is 2.54. The van der Waals surface area contributed by atoms with Gasteiger partial charge in [-0.25, -0.2) is 4.39 Å². The van der Waals surface area contributed by atoms with Crippen LogP contribution in [0.2, 0.25) is 0 Å². The van der Waals surface area contributed by atoms with Crippen molar-refractivity contribution in [3.8, 4) is 5.69 Å². The molecule has 6 heteroatoms. The number of aromatic nitrogens is 2. The standard InChI is InChI=1S/C16H17FN2O3/c17-13-3-5-14(6-4-13)19-8-7-18(15(20)16(19)21)10-12-2-1-9-22-11-12/h3-8,12H,1-2,9-11H2. The van der Waals surface area contributed by atoms with E-state index in [4.69, 9.17) is 4.74 Å². The smallest absolute Gasteiger partial charge is 0.320 e. The number of nitrogens with zero attached hydrogens (tertiary/aromatic N) is 2. The molecule has 1 aromatic heterocycles. The minimum Gasteiger partial charge on any atom is -0.381 e. The Bertz CT molecular complexity index is 758. The Labute approximate surface area is 126 Å². The van der Waals surface area contributed by atoms with E-state index in [0.717, 1.165) is 19.4 Å². The summed E-state index contributed by atoms with van der Waals surface area (Å²) in [5, 5.41) is 0. The SMILES string of the molecule is O=c1c(=O)n(-c2ccc(F)cc2)ccn1CC1CCCOC1. The lowest BCUT2D eigenvalue weighted by atomic mass is 10.0. The van der Waals surface area contributed by atoms with E-state index in [1.54, 1.807) is 12.4 Å². The van der Waals surface area contributed by atoms with Crippen molar-refractivity contribution in [3.63, 3.8) is 0 Å². The molecular formula is C16H17FN2O3. The molecule has 2 heterocycles. The Balaban J connectivity index is 1.89. The van der Waals surface area contributed by atoms with Crippen molar-refractivity contribution in [2.75, 3.05) is 13.2 Å². The number of benzene rings is 1. The Morgan fingerprint density at radius 2 is 1.91 bits per heavy atom. The molecule has 1 aromatic carbocycles. The van der Waals surface area contributed by atoms with Crippen molar-refractivity contribution in [2.24, 2.45) is 5.92 Å². The average molecular weight is 304 g/mol. The van der Waals surface area contributed by atoms with Crippen LogP contribution in [-0.2, 0) is 11.3 Å². The van der Waals surface area contributed by atoms with Crippen molar-refractivity contribution in [2.45, 2.75) is 19.4 Å². The molecular weight excluding hydrogens is 287 g/mol. The molecule has 1 fully saturated rings. The molecule has 5 nitrogen and oxygen atoms in total. The van der Waals surface area contributed by atoms with Gasteiger partial charge in [-0.2, -0.15) is 0 Å². The highest BCUT2D eigenvalue weighted by Crippen LogP contribution is 2.14. The van der Waals surface area contributed by atoms with Crippen LogP contribution in [0.25, 0.3) is 5.69 Å². The van der Waals surface area contributed by atoms with Gasteiger partial charge in [0.15, 0.2) is 0 Å². The summed E-state index contributed by atoms with van der Waals surface area (Å²) in [5.74, 6) is -0.130. The van der Waals surface area contributed by atoms with Crippen LogP contribution in [0.1, 0.15) is 12.8 Å². The lowest BCUT2D eigenvalue weighted by Crippen LogP contribution is -2.41. The van der Waals surface area contributed by atoms with Gasteiger partial charge in [0.25, 0.3) is 0 Å². The highest BCUT2D eigenvalue weighted by Gasteiger charge is 2.16. The van der Waals surface area contributed by atoms with E-state index in [1.165, 1.54) is 33.4 Å². The fraction of sp³-hybridized carbons (Fsp3) is 0.375. The van der Waals surface area contributed by atoms with E-state index < -0.39 is 11.1 Å². The van der Waals surface area contributed by atoms with Crippen LogP contribution in [0.15, 0.2) is 46.2 Å². The van der Waals surface area contributed by atoms with Crippen LogP contribution in [0, 0.1) is 11.7 Å². The van der Waals surface area contributed by atoms with Gasteiger partial charge >= 0.3 is 11.1 Å². The van der Waals surface area contributed by atoms with Crippen LogP contribution in [0.3, 0.4) is 0 Å². The molecule has 0 bridgehead atoms. The number of rotatable bonds is 3. The van der Waals surface area contributed by atoms with E-state index in [-0.39, 0.29) is 11.7 Å². The van der Waals surface area contributed by atoms with E-state index in [9.17, 15) is 14.0 Å². The second-order valence-electron chi connectivity index (χ2n) is 5.49. The van der Waals surface area contributed by atoms with Crippen LogP contribution in [0.5, 0.6) is 0 Å². The predicted molar refractivity (Wildman–Crippen MR) is 79.8 cm³/mol. The largest absolute Gasteiger partial charge is 0.381 e. The molecule has 1 aliphatic heterocycles. The third-order valence-corrected chi connectivity index (χ3v) is 3.87. The third kappa shape index (κ3) is 3.01. The number of ether oxygens (including phenoxy) is 1. The minimum absolute atomic E-state index is 0.257. The molecule has 22 heavy (non-hydrogen) atoms. The summed E-state index contributed by atoms with van der Waals surface area (Å²) in [6.45, 7) is 1.86. The van der Waals surface area contributed by atoms with Gasteiger partial charge in [0.05, 0.1) is 6.61 Å². The molecule has 0 amide bonds. The van der Waals surface area contributed by atoms with E-state index in [0.29, 0.717) is 18.8 Å². The minimum atomic E-state index is -0.633. The van der Waals surface area contributed by atoms with Crippen LogP contribution in [0.4, 0.5) is 4.39 Å². The summed E-state index contributed by atoms with van der Waals surface area (Å²) < 4.78 is 21.0. The maximum Gasteiger partial charge on any atom is 0.320 e. The lowest BCUT2D eigenvalue weighted by molar-refractivity contribution is 0.0479. The zero-order valence-corrected chi connectivity index (χ0v) is 12.1. The second kappa shape index (κ2) is 6.27. The Hall–Kier alpha value is -2.21. The summed E-state index contributed by atoms with van der Waals surface area (Å²) in [6, 6.07) is 5.45. The van der Waals surface area contributed by atoms with Crippen LogP contribution in [-0.4, -0.2) is 22.3 Å². The summed E-state index contributed by atoms with van der Waals surface area (Å²) >= 11 is 0. The van der Waals surface area contributed by atoms with Crippen molar-refractivity contribution in [1.82, 2.24) is 9.13 Å². The van der Waals surface area contributed by atoms with E-state index in [1.807, 2.05) is 0 Å². The van der Waals surface area contributed by atoms with Crippen LogP contribution >= 0.6 is 0 Å². The molecule has 1 atom stereocenters. The first kappa shape index (κ1) is 14.7. The van der Waals surface area contributed by atoms with E-state index in [2.05, 4.69) is 0 Å². The molecule has 0 saturated carbocycles. The zero-order valence-electron chi connectivity index (χ0n) is 12.1. The molecule has 116 valence electrons. The first-order valence-corrected chi connectivity index (χ1v) is 7.31. The maximum atomic E-state index is 12.9. The number of hydrogen-bond donors (Lipinski definition) is 0. The quantitative estimate of drug-likeness (QED) is 0.809. The Morgan fingerprint density at radius 3 is 2.59 bits per heavy atom. The summed E-state index contributed by atoms with van der Waals surface area (Å²) in [5.41, 5.74) is -0.736. The monoisotopic (exact) mass is 304 g/mol. The normalized spacial score (nSPS) is 18.3. The molecule has 3 rings (SSSR count). The molecule has 0 radical (unpaired) electrons. The van der Waals surface area contributed by atoms with Gasteiger partial charge in [-0.15, -0.1) is 0 Å². The molecule has 2 aromatic rings. The van der Waals surface area contributed by atoms with Gasteiger partial charge in [0.2, 0.25) is 0 Å². The van der Waals surface area contributed by atoms with Crippen LogP contribution < -0.4 is 11.1 Å². The fourth-order valence-corrected chi connectivity index (χ4v) is 2.69. The molecule has 1 saturated heterocycles. The molecule has 0 N–H and O–H groups in total. The second-order valence-corrected chi connectivity index (χ2v) is 5.49. The van der Waals surface area contributed by atoms with Gasteiger partial charge < -0.3 is 9.30 Å². The van der Waals surface area contributed by atoms with Crippen molar-refractivity contribution in [1.29, 1.82) is 0 Å². The summed E-state index contributed by atoms with van der Waals surface area (Å²) in [4.78, 5) is 24.4. The van der Waals surface area contributed by atoms with Gasteiger partial charge in [-0.3, -0.25) is 14.2 Å². The van der Waals surface area contributed by atoms with Crippen molar-refractivity contribution < 1.29 is 9.13 Å². The first-order chi connectivity index (χ1) is 10.6. The topological polar surface area (TPSA) is 53.2 Å². The van der Waals surface area contributed by atoms with Crippen molar-refractivity contribution >= 4 is 0 Å².